The summed E-state index contributed by atoms with van der Waals surface area (Å²) in [6.45, 7) is 10.0. The summed E-state index contributed by atoms with van der Waals surface area (Å²) in [4.78, 5) is 39.6. The predicted molar refractivity (Wildman–Crippen MR) is 165 cm³/mol. The number of carboxylic acid groups (broad SMARTS) is 1. The average Bonchev–Trinajstić information content (AvgIpc) is 3.39. The van der Waals surface area contributed by atoms with Gasteiger partial charge in [-0.05, 0) is 51.9 Å². The van der Waals surface area contributed by atoms with Gasteiger partial charge in [-0.3, -0.25) is 14.4 Å². The molecule has 1 heterocycles. The lowest BCUT2D eigenvalue weighted by molar-refractivity contribution is -0.304. The molecule has 242 valence electrons. The first-order valence-corrected chi connectivity index (χ1v) is 17.0. The third-order valence-electron chi connectivity index (χ3n) is 10.2. The highest BCUT2D eigenvalue weighted by Gasteiger charge is 2.47. The minimum Gasteiger partial charge on any atom is -0.481 e. The van der Waals surface area contributed by atoms with Gasteiger partial charge in [0, 0.05) is 23.4 Å². The van der Waals surface area contributed by atoms with Crippen LogP contribution < -0.4 is 10.6 Å². The smallest absolute Gasteiger partial charge is 0.308 e. The lowest BCUT2D eigenvalue weighted by atomic mass is 9.70. The average molecular weight is 593 g/mol. The zero-order valence-corrected chi connectivity index (χ0v) is 27.2. The second-order valence-electron chi connectivity index (χ2n) is 14.6. The van der Waals surface area contributed by atoms with Crippen molar-refractivity contribution in [3.05, 3.63) is 0 Å². The summed E-state index contributed by atoms with van der Waals surface area (Å²) >= 11 is 0. The van der Waals surface area contributed by atoms with E-state index >= 15 is 0 Å². The molecule has 3 fully saturated rings. The fraction of sp³-hybridized carbons (Fsp3) is 0.912. The minimum absolute atomic E-state index is 0.0197. The summed E-state index contributed by atoms with van der Waals surface area (Å²) in [6.07, 6.45) is 17.8. The van der Waals surface area contributed by atoms with Crippen molar-refractivity contribution in [2.75, 3.05) is 13.2 Å². The Morgan fingerprint density at radius 1 is 0.881 bits per heavy atom. The van der Waals surface area contributed by atoms with Crippen molar-refractivity contribution < 1.29 is 29.0 Å². The fourth-order valence-corrected chi connectivity index (χ4v) is 7.43. The van der Waals surface area contributed by atoms with Gasteiger partial charge >= 0.3 is 5.97 Å². The number of carbonyl (C=O) groups excluding carboxylic acids is 2. The summed E-state index contributed by atoms with van der Waals surface area (Å²) in [5.41, 5.74) is -0.856. The van der Waals surface area contributed by atoms with E-state index in [1.807, 2.05) is 13.8 Å². The molecule has 3 rings (SSSR count). The van der Waals surface area contributed by atoms with Gasteiger partial charge in [0.05, 0.1) is 12.5 Å². The number of hydrogen-bond acceptors (Lipinski definition) is 5. The van der Waals surface area contributed by atoms with Gasteiger partial charge in [0.25, 0.3) is 0 Å². The molecule has 8 nitrogen and oxygen atoms in total. The maximum Gasteiger partial charge on any atom is 0.308 e. The van der Waals surface area contributed by atoms with Gasteiger partial charge in [0.15, 0.2) is 5.79 Å². The minimum atomic E-state index is -0.930. The number of ether oxygens (including phenoxy) is 2. The van der Waals surface area contributed by atoms with E-state index in [2.05, 4.69) is 17.6 Å². The second kappa shape index (κ2) is 15.9. The van der Waals surface area contributed by atoms with E-state index in [1.165, 1.54) is 51.4 Å². The number of rotatable bonds is 16. The SMILES string of the molecule is CCCCCCCCCCC1(C(=O)NC2CCCC2C(CNC(=O)C2OC(C)(C)OCC2(C)C)C(=O)O)CCCCC1. The van der Waals surface area contributed by atoms with E-state index in [-0.39, 0.29) is 35.7 Å². The fourth-order valence-electron chi connectivity index (χ4n) is 7.43. The molecular weight excluding hydrogens is 532 g/mol. The molecule has 3 aliphatic rings. The Morgan fingerprint density at radius 3 is 2.17 bits per heavy atom. The molecule has 3 N–H and O–H groups in total. The van der Waals surface area contributed by atoms with Crippen LogP contribution >= 0.6 is 0 Å². The standard InChI is InChI=1S/C34H60N2O6/c1-6-7-8-9-10-11-12-14-20-34(21-15-13-16-22-34)31(40)36-27-19-17-18-25(27)26(30(38)39)23-35-29(37)28-32(2,3)24-41-33(4,5)42-28/h25-28H,6-24H2,1-5H3,(H,35,37)(H,36,40)(H,38,39). The first-order valence-electron chi connectivity index (χ1n) is 17.0. The molecular formula is C34H60N2O6. The largest absolute Gasteiger partial charge is 0.481 e. The van der Waals surface area contributed by atoms with E-state index in [0.717, 1.165) is 57.8 Å². The summed E-state index contributed by atoms with van der Waals surface area (Å²) in [5.74, 6) is -2.97. The molecule has 0 aromatic heterocycles. The molecule has 0 spiro atoms. The van der Waals surface area contributed by atoms with E-state index in [9.17, 15) is 19.5 Å². The van der Waals surface area contributed by atoms with Gasteiger partial charge in [0.2, 0.25) is 11.8 Å². The molecule has 1 aliphatic heterocycles. The lowest BCUT2D eigenvalue weighted by Gasteiger charge is -2.44. The molecule has 0 aromatic carbocycles. The number of aliphatic carboxylic acids is 1. The van der Waals surface area contributed by atoms with Crippen molar-refractivity contribution in [3.63, 3.8) is 0 Å². The first-order chi connectivity index (χ1) is 19.9. The Morgan fingerprint density at radius 2 is 1.52 bits per heavy atom. The predicted octanol–water partition coefficient (Wildman–Crippen LogP) is 6.75. The zero-order valence-electron chi connectivity index (χ0n) is 27.2. The Labute approximate surface area is 254 Å². The third kappa shape index (κ3) is 9.67. The summed E-state index contributed by atoms with van der Waals surface area (Å²) in [6, 6.07) is -0.178. The van der Waals surface area contributed by atoms with Gasteiger partial charge < -0.3 is 25.2 Å². The van der Waals surface area contributed by atoms with Crippen LogP contribution in [0.1, 0.15) is 144 Å². The van der Waals surface area contributed by atoms with Crippen LogP contribution in [-0.2, 0) is 23.9 Å². The monoisotopic (exact) mass is 592 g/mol. The first kappa shape index (κ1) is 34.8. The molecule has 4 atom stereocenters. The molecule has 0 radical (unpaired) electrons. The van der Waals surface area contributed by atoms with Crippen LogP contribution in [0.4, 0.5) is 0 Å². The van der Waals surface area contributed by atoms with E-state index < -0.39 is 29.2 Å². The highest BCUT2D eigenvalue weighted by Crippen LogP contribution is 2.42. The second-order valence-corrected chi connectivity index (χ2v) is 14.6. The molecule has 0 aromatic rings. The van der Waals surface area contributed by atoms with Gasteiger partial charge in [-0.2, -0.15) is 0 Å². The van der Waals surface area contributed by atoms with Crippen molar-refractivity contribution in [1.82, 2.24) is 10.6 Å². The Kier molecular flexibility index (Phi) is 13.2. The normalized spacial score (nSPS) is 27.2. The van der Waals surface area contributed by atoms with Crippen molar-refractivity contribution in [1.29, 1.82) is 0 Å². The zero-order chi connectivity index (χ0) is 30.8. The molecule has 8 heteroatoms. The van der Waals surface area contributed by atoms with Crippen LogP contribution in [0.25, 0.3) is 0 Å². The van der Waals surface area contributed by atoms with Crippen molar-refractivity contribution in [2.24, 2.45) is 22.7 Å². The van der Waals surface area contributed by atoms with Crippen LogP contribution in [0.2, 0.25) is 0 Å². The van der Waals surface area contributed by atoms with Gasteiger partial charge in [-0.1, -0.05) is 97.8 Å². The number of carbonyl (C=O) groups is 3. The van der Waals surface area contributed by atoms with Crippen molar-refractivity contribution >= 4 is 17.8 Å². The van der Waals surface area contributed by atoms with Crippen molar-refractivity contribution in [3.8, 4) is 0 Å². The van der Waals surface area contributed by atoms with Crippen LogP contribution in [-0.4, -0.2) is 54.0 Å². The maximum atomic E-state index is 13.9. The van der Waals surface area contributed by atoms with Gasteiger partial charge in [-0.15, -0.1) is 0 Å². The van der Waals surface area contributed by atoms with E-state index in [4.69, 9.17) is 9.47 Å². The number of amides is 2. The molecule has 0 bridgehead atoms. The quantitative estimate of drug-likeness (QED) is 0.171. The van der Waals surface area contributed by atoms with E-state index in [0.29, 0.717) is 6.61 Å². The van der Waals surface area contributed by atoms with Gasteiger partial charge in [0.1, 0.15) is 6.10 Å². The maximum absolute atomic E-state index is 13.9. The number of nitrogens with one attached hydrogen (secondary N) is 2. The molecule has 2 saturated carbocycles. The van der Waals surface area contributed by atoms with E-state index in [1.54, 1.807) is 13.8 Å². The van der Waals surface area contributed by atoms with Crippen molar-refractivity contribution in [2.45, 2.75) is 162 Å². The summed E-state index contributed by atoms with van der Waals surface area (Å²) in [7, 11) is 0. The lowest BCUT2D eigenvalue weighted by Crippen LogP contribution is -2.57. The highest BCUT2D eigenvalue weighted by molar-refractivity contribution is 5.84. The molecule has 42 heavy (non-hydrogen) atoms. The molecule has 2 amide bonds. The number of unbranched alkanes of at least 4 members (excludes halogenated alkanes) is 7. The molecule has 2 aliphatic carbocycles. The topological polar surface area (TPSA) is 114 Å². The van der Waals surface area contributed by atoms with Crippen LogP contribution in [0, 0.1) is 22.7 Å². The van der Waals surface area contributed by atoms with Crippen LogP contribution in [0.5, 0.6) is 0 Å². The van der Waals surface area contributed by atoms with Crippen LogP contribution in [0.3, 0.4) is 0 Å². The summed E-state index contributed by atoms with van der Waals surface area (Å²) in [5, 5.41) is 16.5. The Bertz CT molecular complexity index is 881. The Balaban J connectivity index is 1.58. The molecule has 4 unspecified atom stereocenters. The highest BCUT2D eigenvalue weighted by atomic mass is 16.7. The number of hydrogen-bond donors (Lipinski definition) is 3. The summed E-state index contributed by atoms with van der Waals surface area (Å²) < 4.78 is 11.7. The number of carboxylic acids is 1. The van der Waals surface area contributed by atoms with Crippen LogP contribution in [0.15, 0.2) is 0 Å². The Hall–Kier alpha value is -1.67. The third-order valence-corrected chi connectivity index (χ3v) is 10.2. The molecule has 1 saturated heterocycles. The van der Waals surface area contributed by atoms with Gasteiger partial charge in [-0.25, -0.2) is 0 Å².